The molecular formula is C35H43N3O6Si. The van der Waals surface area contributed by atoms with Crippen LogP contribution >= 0.6 is 0 Å². The second kappa shape index (κ2) is 14.1. The topological polar surface area (TPSA) is 112 Å². The number of benzene rings is 3. The van der Waals surface area contributed by atoms with Crippen LogP contribution in [0.25, 0.3) is 0 Å². The molecule has 45 heavy (non-hydrogen) atoms. The highest BCUT2D eigenvalue weighted by molar-refractivity contribution is 6.71. The molecule has 10 heteroatoms. The second-order valence-corrected chi connectivity index (χ2v) is 16.5. The van der Waals surface area contributed by atoms with E-state index in [1.807, 2.05) is 98.9 Å². The highest BCUT2D eigenvalue weighted by Crippen LogP contribution is 2.48. The average molecular weight is 630 g/mol. The van der Waals surface area contributed by atoms with Crippen molar-refractivity contribution in [2.24, 2.45) is 11.0 Å². The van der Waals surface area contributed by atoms with Crippen molar-refractivity contribution in [3.05, 3.63) is 95.6 Å². The predicted octanol–water partition coefficient (Wildman–Crippen LogP) is 5.28. The van der Waals surface area contributed by atoms with E-state index in [0.717, 1.165) is 22.4 Å². The number of hydrogen-bond donors (Lipinski definition) is 2. The number of carbonyl (C=O) groups is 2. The lowest BCUT2D eigenvalue weighted by Gasteiger charge is -2.44. The number of ether oxygens (including phenoxy) is 2. The first-order valence-corrected chi connectivity index (χ1v) is 18.6. The minimum Gasteiger partial charge on any atom is -0.490 e. The van der Waals surface area contributed by atoms with Gasteiger partial charge in [0, 0.05) is 56.5 Å². The quantitative estimate of drug-likeness (QED) is 0.279. The number of aliphatic hydroxyl groups is 1. The van der Waals surface area contributed by atoms with Crippen LogP contribution in [0.1, 0.15) is 49.0 Å². The van der Waals surface area contributed by atoms with Crippen molar-refractivity contribution in [2.45, 2.75) is 63.6 Å². The van der Waals surface area contributed by atoms with Gasteiger partial charge in [-0.2, -0.15) is 5.10 Å². The zero-order valence-corrected chi connectivity index (χ0v) is 27.4. The molecule has 0 saturated carbocycles. The van der Waals surface area contributed by atoms with E-state index in [1.165, 1.54) is 5.01 Å². The standard InChI is InChI=1S/C35H43N3O6Si/c1-24-34(43-2)28-21-27(38-32(40)18-16-29(36-38)26-13-9-6-10-14-26)15-17-30(28)44-35(24)31(45(3,4)42)22-33(41)37(19-20-39)23-25-11-7-5-8-12-25/h5-15,17,21,24,31,34-35,39,42H,16,18-20,22-23H2,1-4H3/t24-,31?,34-,35-/m1/s1. The first-order valence-electron chi connectivity index (χ1n) is 15.5. The maximum absolute atomic E-state index is 13.7. The number of nitrogens with zero attached hydrogens (tertiary/aromatic N) is 3. The summed E-state index contributed by atoms with van der Waals surface area (Å²) in [4.78, 5) is 39.9. The minimum atomic E-state index is -2.95. The van der Waals surface area contributed by atoms with Gasteiger partial charge in [-0.05, 0) is 42.4 Å². The largest absolute Gasteiger partial charge is 0.490 e. The van der Waals surface area contributed by atoms with E-state index in [1.54, 1.807) is 12.0 Å². The van der Waals surface area contributed by atoms with Crippen LogP contribution in [-0.2, 0) is 20.9 Å². The lowest BCUT2D eigenvalue weighted by atomic mass is 9.86. The molecule has 0 bridgehead atoms. The maximum Gasteiger partial charge on any atom is 0.247 e. The zero-order chi connectivity index (χ0) is 32.1. The smallest absolute Gasteiger partial charge is 0.247 e. The molecule has 2 aliphatic rings. The molecule has 0 aliphatic carbocycles. The number of carbonyl (C=O) groups excluding carboxylic acids is 2. The molecule has 2 heterocycles. The molecule has 4 atom stereocenters. The van der Waals surface area contributed by atoms with Crippen LogP contribution in [0.4, 0.5) is 5.69 Å². The molecule has 238 valence electrons. The number of anilines is 1. The van der Waals surface area contributed by atoms with Crippen molar-refractivity contribution in [2.75, 3.05) is 25.3 Å². The number of amides is 2. The van der Waals surface area contributed by atoms with Crippen molar-refractivity contribution in [1.29, 1.82) is 0 Å². The molecule has 0 fully saturated rings. The summed E-state index contributed by atoms with van der Waals surface area (Å²) in [7, 11) is -1.31. The van der Waals surface area contributed by atoms with Gasteiger partial charge in [0.25, 0.3) is 0 Å². The maximum atomic E-state index is 13.7. The molecule has 1 unspecified atom stereocenters. The highest BCUT2D eigenvalue weighted by atomic mass is 28.4. The van der Waals surface area contributed by atoms with Gasteiger partial charge in [0.15, 0.2) is 8.32 Å². The lowest BCUT2D eigenvalue weighted by molar-refractivity contribution is -0.133. The Morgan fingerprint density at radius 3 is 2.42 bits per heavy atom. The van der Waals surface area contributed by atoms with Gasteiger partial charge in [-0.3, -0.25) is 9.59 Å². The first kappa shape index (κ1) is 32.6. The molecule has 0 aromatic heterocycles. The van der Waals surface area contributed by atoms with Gasteiger partial charge < -0.3 is 24.3 Å². The first-order chi connectivity index (χ1) is 21.6. The number of fused-ring (bicyclic) bond motifs is 1. The molecule has 0 radical (unpaired) electrons. The Bertz CT molecular complexity index is 1510. The summed E-state index contributed by atoms with van der Waals surface area (Å²) in [6.45, 7) is 6.09. The summed E-state index contributed by atoms with van der Waals surface area (Å²) in [6, 6.07) is 25.1. The Morgan fingerprint density at radius 2 is 1.78 bits per heavy atom. The Balaban J connectivity index is 1.42. The normalized spacial score (nSPS) is 20.6. The van der Waals surface area contributed by atoms with E-state index in [2.05, 4.69) is 0 Å². The van der Waals surface area contributed by atoms with Gasteiger partial charge in [0.05, 0.1) is 24.1 Å². The summed E-state index contributed by atoms with van der Waals surface area (Å²) in [5.41, 5.74) is 3.79. The van der Waals surface area contributed by atoms with Crippen molar-refractivity contribution >= 4 is 31.5 Å². The highest BCUT2D eigenvalue weighted by Gasteiger charge is 2.47. The fourth-order valence-electron chi connectivity index (χ4n) is 6.39. The van der Waals surface area contributed by atoms with Crippen LogP contribution in [0.2, 0.25) is 18.6 Å². The second-order valence-electron chi connectivity index (χ2n) is 12.4. The third-order valence-corrected chi connectivity index (χ3v) is 11.2. The van der Waals surface area contributed by atoms with Crippen molar-refractivity contribution in [3.8, 4) is 5.75 Å². The number of aliphatic hydroxyl groups excluding tert-OH is 1. The Labute approximate surface area is 266 Å². The molecule has 2 amide bonds. The number of rotatable bonds is 11. The van der Waals surface area contributed by atoms with E-state index in [4.69, 9.17) is 14.6 Å². The molecule has 5 rings (SSSR count). The Morgan fingerprint density at radius 1 is 1.09 bits per heavy atom. The summed E-state index contributed by atoms with van der Waals surface area (Å²) >= 11 is 0. The SMILES string of the molecule is CO[C@H]1c2cc(N3N=C(c4ccccc4)CCC3=O)ccc2O[C@@H](C(CC(=O)N(CCO)Cc2ccccc2)[Si](C)(C)O)[C@@H]1C. The fourth-order valence-corrected chi connectivity index (χ4v) is 8.24. The van der Waals surface area contributed by atoms with E-state index in [-0.39, 0.29) is 37.3 Å². The summed E-state index contributed by atoms with van der Waals surface area (Å²) < 4.78 is 12.7. The van der Waals surface area contributed by atoms with Crippen molar-refractivity contribution in [1.82, 2.24) is 4.90 Å². The van der Waals surface area contributed by atoms with Crippen molar-refractivity contribution in [3.63, 3.8) is 0 Å². The zero-order valence-electron chi connectivity index (χ0n) is 26.4. The van der Waals surface area contributed by atoms with Crippen LogP contribution in [0.15, 0.2) is 84.0 Å². The van der Waals surface area contributed by atoms with Crippen LogP contribution in [0.3, 0.4) is 0 Å². The molecular weight excluding hydrogens is 586 g/mol. The summed E-state index contributed by atoms with van der Waals surface area (Å²) in [6.07, 6.45) is 0.130. The van der Waals surface area contributed by atoms with Gasteiger partial charge in [0.1, 0.15) is 11.9 Å². The van der Waals surface area contributed by atoms with Gasteiger partial charge >= 0.3 is 0 Å². The molecule has 3 aromatic carbocycles. The molecule has 2 N–H and O–H groups in total. The van der Waals surface area contributed by atoms with E-state index in [9.17, 15) is 19.5 Å². The molecule has 0 saturated heterocycles. The summed E-state index contributed by atoms with van der Waals surface area (Å²) in [5, 5.41) is 15.9. The minimum absolute atomic E-state index is 0.0826. The Hall–Kier alpha value is -3.83. The number of methoxy groups -OCH3 is 1. The molecule has 3 aromatic rings. The van der Waals surface area contributed by atoms with Crippen LogP contribution < -0.4 is 9.75 Å². The third-order valence-electron chi connectivity index (χ3n) is 8.83. The van der Waals surface area contributed by atoms with E-state index in [0.29, 0.717) is 30.8 Å². The van der Waals surface area contributed by atoms with Crippen LogP contribution in [0, 0.1) is 5.92 Å². The predicted molar refractivity (Wildman–Crippen MR) is 176 cm³/mol. The van der Waals surface area contributed by atoms with Gasteiger partial charge in [-0.15, -0.1) is 0 Å². The Kier molecular flexibility index (Phi) is 10.2. The molecule has 2 aliphatic heterocycles. The monoisotopic (exact) mass is 629 g/mol. The third kappa shape index (κ3) is 7.36. The van der Waals surface area contributed by atoms with E-state index >= 15 is 0 Å². The molecule has 0 spiro atoms. The van der Waals surface area contributed by atoms with Crippen LogP contribution in [-0.4, -0.2) is 67.0 Å². The van der Waals surface area contributed by atoms with Gasteiger partial charge in [-0.25, -0.2) is 5.01 Å². The average Bonchev–Trinajstić information content (AvgIpc) is 3.03. The fraction of sp³-hybridized carbons (Fsp3) is 0.400. The van der Waals surface area contributed by atoms with E-state index < -0.39 is 26.1 Å². The number of hydrazone groups is 1. The summed E-state index contributed by atoms with van der Waals surface area (Å²) in [5.74, 6) is 0.155. The van der Waals surface area contributed by atoms with Crippen LogP contribution in [0.5, 0.6) is 5.75 Å². The van der Waals surface area contributed by atoms with Crippen molar-refractivity contribution < 1.29 is 29.0 Å². The lowest BCUT2D eigenvalue weighted by Crippen LogP contribution is -2.50. The van der Waals surface area contributed by atoms with Gasteiger partial charge in [-0.1, -0.05) is 67.6 Å². The number of hydrogen-bond acceptors (Lipinski definition) is 7. The van der Waals surface area contributed by atoms with Gasteiger partial charge in [0.2, 0.25) is 11.8 Å². The molecule has 9 nitrogen and oxygen atoms in total.